The topological polar surface area (TPSA) is 20.3 Å². The van der Waals surface area contributed by atoms with E-state index in [2.05, 4.69) is 31.2 Å². The lowest BCUT2D eigenvalue weighted by Crippen LogP contribution is -2.34. The van der Waals surface area contributed by atoms with Crippen LogP contribution in [-0.4, -0.2) is 24.4 Å². The molecule has 0 spiro atoms. The molecule has 0 aliphatic carbocycles. The summed E-state index contributed by atoms with van der Waals surface area (Å²) >= 11 is 1.77. The molecule has 2 nitrogen and oxygen atoms in total. The van der Waals surface area contributed by atoms with Crippen LogP contribution in [0.25, 0.3) is 10.4 Å². The van der Waals surface area contributed by atoms with E-state index in [-0.39, 0.29) is 5.91 Å². The molecule has 0 fully saturated rings. The summed E-state index contributed by atoms with van der Waals surface area (Å²) < 4.78 is 0. The number of fused-ring (bicyclic) bond motifs is 1. The van der Waals surface area contributed by atoms with Crippen molar-refractivity contribution >= 4 is 17.2 Å². The van der Waals surface area contributed by atoms with Crippen LogP contribution in [0.1, 0.15) is 20.8 Å². The summed E-state index contributed by atoms with van der Waals surface area (Å²) in [6.45, 7) is 2.93. The van der Waals surface area contributed by atoms with Crippen molar-refractivity contribution < 1.29 is 4.79 Å². The number of amides is 1. The van der Waals surface area contributed by atoms with Crippen molar-refractivity contribution in [2.45, 2.75) is 13.3 Å². The lowest BCUT2D eigenvalue weighted by molar-refractivity contribution is 0.0781. The highest BCUT2D eigenvalue weighted by atomic mass is 32.1. The predicted octanol–water partition coefficient (Wildman–Crippen LogP) is 3.35. The third kappa shape index (κ3) is 1.85. The van der Waals surface area contributed by atoms with E-state index in [4.69, 9.17) is 0 Å². The highest BCUT2D eigenvalue weighted by Gasteiger charge is 2.21. The zero-order chi connectivity index (χ0) is 12.7. The molecular formula is C15H15NOS. The van der Waals surface area contributed by atoms with Crippen LogP contribution >= 0.6 is 11.3 Å². The maximum absolute atomic E-state index is 12.1. The second-order valence-corrected chi connectivity index (χ2v) is 6.05. The van der Waals surface area contributed by atoms with E-state index >= 15 is 0 Å². The molecule has 3 heteroatoms. The molecule has 0 saturated heterocycles. The second-order valence-electron chi connectivity index (χ2n) is 4.76. The highest BCUT2D eigenvalue weighted by Crippen LogP contribution is 2.30. The maximum Gasteiger partial charge on any atom is 0.253 e. The van der Waals surface area contributed by atoms with Gasteiger partial charge in [0.05, 0.1) is 0 Å². The van der Waals surface area contributed by atoms with Gasteiger partial charge in [-0.15, -0.1) is 11.3 Å². The van der Waals surface area contributed by atoms with E-state index < -0.39 is 0 Å². The summed E-state index contributed by atoms with van der Waals surface area (Å²) in [5.41, 5.74) is 3.19. The van der Waals surface area contributed by atoms with Gasteiger partial charge in [-0.25, -0.2) is 0 Å². The van der Waals surface area contributed by atoms with Gasteiger partial charge in [0.1, 0.15) is 0 Å². The Morgan fingerprint density at radius 3 is 2.78 bits per heavy atom. The van der Waals surface area contributed by atoms with E-state index in [0.717, 1.165) is 24.1 Å². The highest BCUT2D eigenvalue weighted by molar-refractivity contribution is 7.15. The van der Waals surface area contributed by atoms with E-state index in [9.17, 15) is 4.79 Å². The Morgan fingerprint density at radius 2 is 2.06 bits per heavy atom. The molecule has 0 saturated carbocycles. The molecule has 0 atom stereocenters. The summed E-state index contributed by atoms with van der Waals surface area (Å²) in [5, 5.41) is 0. The fraction of sp³-hybridized carbons (Fsp3) is 0.267. The van der Waals surface area contributed by atoms with Gasteiger partial charge >= 0.3 is 0 Å². The Labute approximate surface area is 111 Å². The van der Waals surface area contributed by atoms with Crippen molar-refractivity contribution in [2.75, 3.05) is 13.6 Å². The number of hydrogen-bond acceptors (Lipinski definition) is 2. The first kappa shape index (κ1) is 11.5. The maximum atomic E-state index is 12.1. The van der Waals surface area contributed by atoms with Gasteiger partial charge in [0.25, 0.3) is 5.91 Å². The predicted molar refractivity (Wildman–Crippen MR) is 75.2 cm³/mol. The van der Waals surface area contributed by atoms with Crippen LogP contribution in [0, 0.1) is 6.92 Å². The zero-order valence-electron chi connectivity index (χ0n) is 10.6. The van der Waals surface area contributed by atoms with Gasteiger partial charge in [-0.1, -0.05) is 12.1 Å². The molecule has 1 aromatic heterocycles. The molecule has 18 heavy (non-hydrogen) atoms. The number of aryl methyl sites for hydroxylation is 1. The molecule has 0 radical (unpaired) electrons. The average Bonchev–Trinajstić information content (AvgIpc) is 2.80. The molecule has 1 aliphatic heterocycles. The van der Waals surface area contributed by atoms with Crippen LogP contribution in [0.2, 0.25) is 0 Å². The Morgan fingerprint density at radius 1 is 1.22 bits per heavy atom. The smallest absolute Gasteiger partial charge is 0.253 e. The third-order valence-electron chi connectivity index (χ3n) is 3.43. The van der Waals surface area contributed by atoms with E-state index in [0.29, 0.717) is 0 Å². The molecule has 2 aromatic rings. The minimum absolute atomic E-state index is 0.145. The Kier molecular flexibility index (Phi) is 2.71. The molecule has 3 rings (SSSR count). The normalized spacial score (nSPS) is 14.8. The van der Waals surface area contributed by atoms with Crippen LogP contribution in [0.15, 0.2) is 30.3 Å². The summed E-state index contributed by atoms with van der Waals surface area (Å²) in [6.07, 6.45) is 0.960. The van der Waals surface area contributed by atoms with Crippen LogP contribution in [0.4, 0.5) is 0 Å². The number of likely N-dealkylation sites (N-methyl/N-ethyl adjacent to an activating group) is 1. The molecular weight excluding hydrogens is 242 g/mol. The van der Waals surface area contributed by atoms with Gasteiger partial charge in [0.2, 0.25) is 0 Å². The number of thiophene rings is 1. The SMILES string of the molecule is Cc1ccc(-c2ccc3c(c2)C(=O)N(C)CC3)s1. The fourth-order valence-corrected chi connectivity index (χ4v) is 3.20. The Bertz CT molecular complexity index is 615. The van der Waals surface area contributed by atoms with Gasteiger partial charge in [0, 0.05) is 28.9 Å². The minimum Gasteiger partial charge on any atom is -0.341 e. The lowest BCUT2D eigenvalue weighted by Gasteiger charge is -2.25. The molecule has 0 N–H and O–H groups in total. The summed E-state index contributed by atoms with van der Waals surface area (Å²) in [5.74, 6) is 0.145. The molecule has 1 aliphatic rings. The van der Waals surface area contributed by atoms with Crippen molar-refractivity contribution in [3.63, 3.8) is 0 Å². The van der Waals surface area contributed by atoms with Gasteiger partial charge < -0.3 is 4.90 Å². The summed E-state index contributed by atoms with van der Waals surface area (Å²) in [6, 6.07) is 10.5. The number of benzene rings is 1. The van der Waals surface area contributed by atoms with Gasteiger partial charge in [-0.05, 0) is 42.7 Å². The van der Waals surface area contributed by atoms with E-state index in [1.54, 1.807) is 16.2 Å². The van der Waals surface area contributed by atoms with Gasteiger partial charge in [0.15, 0.2) is 0 Å². The van der Waals surface area contributed by atoms with Crippen LogP contribution < -0.4 is 0 Å². The van der Waals surface area contributed by atoms with Crippen molar-refractivity contribution in [3.05, 3.63) is 46.3 Å². The monoisotopic (exact) mass is 257 g/mol. The quantitative estimate of drug-likeness (QED) is 0.767. The molecule has 0 unspecified atom stereocenters. The summed E-state index contributed by atoms with van der Waals surface area (Å²) in [4.78, 5) is 16.5. The van der Waals surface area contributed by atoms with Crippen LogP contribution in [0.5, 0.6) is 0 Å². The lowest BCUT2D eigenvalue weighted by atomic mass is 9.96. The molecule has 1 amide bonds. The van der Waals surface area contributed by atoms with E-state index in [1.165, 1.54) is 15.3 Å². The van der Waals surface area contributed by atoms with Gasteiger partial charge in [-0.2, -0.15) is 0 Å². The number of carbonyl (C=O) groups is 1. The number of carbonyl (C=O) groups excluding carboxylic acids is 1. The van der Waals surface area contributed by atoms with Crippen LogP contribution in [0.3, 0.4) is 0 Å². The summed E-state index contributed by atoms with van der Waals surface area (Å²) in [7, 11) is 1.87. The number of hydrogen-bond donors (Lipinski definition) is 0. The zero-order valence-corrected chi connectivity index (χ0v) is 11.4. The molecule has 92 valence electrons. The largest absolute Gasteiger partial charge is 0.341 e. The fourth-order valence-electron chi connectivity index (χ4n) is 2.33. The van der Waals surface area contributed by atoms with Crippen molar-refractivity contribution in [3.8, 4) is 10.4 Å². The van der Waals surface area contributed by atoms with Crippen molar-refractivity contribution in [1.29, 1.82) is 0 Å². The Hall–Kier alpha value is -1.61. The second kappa shape index (κ2) is 4.25. The first-order chi connectivity index (χ1) is 8.65. The average molecular weight is 257 g/mol. The molecule has 2 heterocycles. The van der Waals surface area contributed by atoms with Gasteiger partial charge in [-0.3, -0.25) is 4.79 Å². The standard InChI is InChI=1S/C15H15NOS/c1-10-3-6-14(18-10)12-5-4-11-7-8-16(2)15(17)13(11)9-12/h3-6,9H,7-8H2,1-2H3. The Balaban J connectivity index is 2.07. The number of nitrogens with zero attached hydrogens (tertiary/aromatic N) is 1. The van der Waals surface area contributed by atoms with E-state index in [1.807, 2.05) is 13.1 Å². The molecule has 0 bridgehead atoms. The third-order valence-corrected chi connectivity index (χ3v) is 4.48. The van der Waals surface area contributed by atoms with Crippen LogP contribution in [-0.2, 0) is 6.42 Å². The number of rotatable bonds is 1. The first-order valence-corrected chi connectivity index (χ1v) is 6.92. The first-order valence-electron chi connectivity index (χ1n) is 6.10. The molecule has 1 aromatic carbocycles. The minimum atomic E-state index is 0.145. The van der Waals surface area contributed by atoms with Crippen molar-refractivity contribution in [2.24, 2.45) is 0 Å². The van der Waals surface area contributed by atoms with Crippen molar-refractivity contribution in [1.82, 2.24) is 4.90 Å².